The minimum atomic E-state index is -0.689. The van der Waals surface area contributed by atoms with Crippen LogP contribution in [0.5, 0.6) is 6.01 Å². The quantitative estimate of drug-likeness (QED) is 0.627. The molecule has 86 valence electrons. The second-order valence-corrected chi connectivity index (χ2v) is 3.66. The van der Waals surface area contributed by atoms with Crippen molar-refractivity contribution in [3.05, 3.63) is 41.1 Å². The molecule has 0 aliphatic heterocycles. The molecule has 0 aromatic carbocycles. The van der Waals surface area contributed by atoms with Gasteiger partial charge in [-0.05, 0) is 12.1 Å². The fourth-order valence-electron chi connectivity index (χ4n) is 1.25. The average Bonchev–Trinajstić information content (AvgIpc) is 2.34. The lowest BCUT2D eigenvalue weighted by Crippen LogP contribution is -2.16. The molecule has 0 saturated carbocycles. The summed E-state index contributed by atoms with van der Waals surface area (Å²) in [4.78, 5) is 30.6. The molecule has 0 saturated heterocycles. The highest BCUT2D eigenvalue weighted by molar-refractivity contribution is 7.85. The highest BCUT2D eigenvalue weighted by Gasteiger charge is 2.21. The van der Waals surface area contributed by atoms with E-state index in [-0.39, 0.29) is 28.7 Å². The van der Waals surface area contributed by atoms with Crippen LogP contribution in [-0.2, 0) is 9.59 Å². The number of carbonyl (C=O) groups is 2. The fourth-order valence-corrected chi connectivity index (χ4v) is 1.51. The maximum Gasteiger partial charge on any atom is 0.347 e. The Kier molecular flexibility index (Phi) is 3.34. The molecule has 0 spiro atoms. The molecule has 2 rings (SSSR count). The molecule has 0 fully saturated rings. The van der Waals surface area contributed by atoms with Crippen LogP contribution in [0.4, 0.5) is 0 Å². The molecule has 0 N–H and O–H groups in total. The van der Waals surface area contributed by atoms with Crippen LogP contribution in [0.1, 0.15) is 6.42 Å². The van der Waals surface area contributed by atoms with Crippen molar-refractivity contribution < 1.29 is 14.3 Å². The first-order valence-corrected chi connectivity index (χ1v) is 5.25. The molecule has 0 amide bonds. The zero-order valence-electron chi connectivity index (χ0n) is 8.66. The van der Waals surface area contributed by atoms with Crippen LogP contribution in [0.2, 0.25) is 0 Å². The summed E-state index contributed by atoms with van der Waals surface area (Å²) in [6, 6.07) is 1.54. The lowest BCUT2D eigenvalue weighted by molar-refractivity contribution is -0.130. The first-order valence-electron chi connectivity index (χ1n) is 4.80. The van der Waals surface area contributed by atoms with Crippen LogP contribution in [0, 0.1) is 0 Å². The number of rotatable bonds is 2. The number of ketones is 1. The van der Waals surface area contributed by atoms with Gasteiger partial charge < -0.3 is 4.74 Å². The first kappa shape index (κ1) is 11.5. The number of thiol groups is 1. The summed E-state index contributed by atoms with van der Waals surface area (Å²) in [5.41, 5.74) is 0.122. The molecule has 1 aromatic rings. The van der Waals surface area contributed by atoms with E-state index in [1.165, 1.54) is 18.5 Å². The van der Waals surface area contributed by atoms with E-state index in [1.807, 2.05) is 0 Å². The van der Waals surface area contributed by atoms with Gasteiger partial charge in [0.05, 0.1) is 10.5 Å². The number of allylic oxidation sites excluding steroid dienone is 2. The maximum atomic E-state index is 11.7. The summed E-state index contributed by atoms with van der Waals surface area (Å²) in [6.07, 6.45) is 6.25. The molecule has 17 heavy (non-hydrogen) atoms. The van der Waals surface area contributed by atoms with E-state index in [9.17, 15) is 9.59 Å². The fraction of sp³-hybridized carbons (Fsp3) is 0.0909. The summed E-state index contributed by atoms with van der Waals surface area (Å²) in [5, 5.41) is 0. The number of nitrogens with zero attached hydrogens (tertiary/aromatic N) is 2. The molecule has 0 bridgehead atoms. The van der Waals surface area contributed by atoms with Crippen LogP contribution < -0.4 is 4.74 Å². The lowest BCUT2D eigenvalue weighted by atomic mass is 10.1. The number of carbonyl (C=O) groups excluding carboxylic acids is 2. The Morgan fingerprint density at radius 3 is 2.76 bits per heavy atom. The number of hydrogen-bond acceptors (Lipinski definition) is 6. The van der Waals surface area contributed by atoms with E-state index in [0.717, 1.165) is 0 Å². The summed E-state index contributed by atoms with van der Waals surface area (Å²) in [7, 11) is 0. The van der Waals surface area contributed by atoms with E-state index >= 15 is 0 Å². The van der Waals surface area contributed by atoms with Gasteiger partial charge in [-0.25, -0.2) is 14.8 Å². The average molecular weight is 248 g/mol. The Morgan fingerprint density at radius 1 is 1.35 bits per heavy atom. The third-order valence-corrected chi connectivity index (χ3v) is 2.54. The molecule has 1 aliphatic carbocycles. The van der Waals surface area contributed by atoms with Gasteiger partial charge in [0.25, 0.3) is 0 Å². The second-order valence-electron chi connectivity index (χ2n) is 3.21. The second kappa shape index (κ2) is 4.92. The van der Waals surface area contributed by atoms with Gasteiger partial charge in [0.15, 0.2) is 5.78 Å². The van der Waals surface area contributed by atoms with Crippen molar-refractivity contribution in [3.63, 3.8) is 0 Å². The van der Waals surface area contributed by atoms with Gasteiger partial charge in [-0.3, -0.25) is 4.79 Å². The van der Waals surface area contributed by atoms with Crippen LogP contribution in [0.3, 0.4) is 0 Å². The number of esters is 1. The highest BCUT2D eigenvalue weighted by Crippen LogP contribution is 2.20. The number of ether oxygens (including phenoxy) is 1. The van der Waals surface area contributed by atoms with Crippen molar-refractivity contribution in [2.24, 2.45) is 0 Å². The number of hydrogen-bond donors (Lipinski definition) is 1. The van der Waals surface area contributed by atoms with Crippen molar-refractivity contribution in [2.45, 2.75) is 6.42 Å². The predicted molar refractivity (Wildman–Crippen MR) is 62.4 cm³/mol. The van der Waals surface area contributed by atoms with E-state index in [0.29, 0.717) is 0 Å². The molecule has 1 heterocycles. The molecule has 6 heteroatoms. The molecule has 0 unspecified atom stereocenters. The molecule has 1 aromatic heterocycles. The zero-order valence-corrected chi connectivity index (χ0v) is 9.55. The van der Waals surface area contributed by atoms with Gasteiger partial charge in [-0.2, -0.15) is 0 Å². The van der Waals surface area contributed by atoms with Crippen LogP contribution in [-0.4, -0.2) is 21.7 Å². The lowest BCUT2D eigenvalue weighted by Gasteiger charge is -2.09. The Morgan fingerprint density at radius 2 is 2.06 bits per heavy atom. The van der Waals surface area contributed by atoms with Gasteiger partial charge in [0.1, 0.15) is 0 Å². The van der Waals surface area contributed by atoms with Crippen LogP contribution in [0.25, 0.3) is 0 Å². The standard InChI is InChI=1S/C11H8N2O3S/c14-8-4-1-3-7(9(8)17)10(15)16-11-12-5-2-6-13-11/h1-3,5-6,17H,4H2. The zero-order chi connectivity index (χ0) is 12.3. The third-order valence-electron chi connectivity index (χ3n) is 2.05. The summed E-state index contributed by atoms with van der Waals surface area (Å²) in [6.45, 7) is 0. The van der Waals surface area contributed by atoms with Crippen molar-refractivity contribution >= 4 is 24.4 Å². The minimum Gasteiger partial charge on any atom is -0.387 e. The largest absolute Gasteiger partial charge is 0.387 e. The van der Waals surface area contributed by atoms with Gasteiger partial charge in [-0.1, -0.05) is 6.08 Å². The van der Waals surface area contributed by atoms with Crippen molar-refractivity contribution in [2.75, 3.05) is 0 Å². The van der Waals surface area contributed by atoms with E-state index < -0.39 is 5.97 Å². The Balaban J connectivity index is 2.19. The summed E-state index contributed by atoms with van der Waals surface area (Å²) >= 11 is 3.99. The number of aromatic nitrogens is 2. The van der Waals surface area contributed by atoms with Crippen LogP contribution in [0.15, 0.2) is 41.1 Å². The van der Waals surface area contributed by atoms with E-state index in [1.54, 1.807) is 12.1 Å². The Hall–Kier alpha value is -1.95. The van der Waals surface area contributed by atoms with E-state index in [2.05, 4.69) is 22.6 Å². The third kappa shape index (κ3) is 2.59. The topological polar surface area (TPSA) is 69.2 Å². The minimum absolute atomic E-state index is 0.0578. The Labute approximate surface area is 103 Å². The molecular formula is C11H8N2O3S. The van der Waals surface area contributed by atoms with Gasteiger partial charge >= 0.3 is 12.0 Å². The SMILES string of the molecule is O=C1CC=CC(C(=O)Oc2ncccn2)=C1S. The van der Waals surface area contributed by atoms with E-state index in [4.69, 9.17) is 4.74 Å². The highest BCUT2D eigenvalue weighted by atomic mass is 32.1. The molecule has 5 nitrogen and oxygen atoms in total. The summed E-state index contributed by atoms with van der Waals surface area (Å²) < 4.78 is 4.90. The van der Waals surface area contributed by atoms with Crippen molar-refractivity contribution in [3.8, 4) is 6.01 Å². The summed E-state index contributed by atoms with van der Waals surface area (Å²) in [5.74, 6) is -0.901. The molecule has 0 atom stereocenters. The van der Waals surface area contributed by atoms with Gasteiger partial charge in [0, 0.05) is 18.8 Å². The first-order chi connectivity index (χ1) is 8.18. The smallest absolute Gasteiger partial charge is 0.347 e. The predicted octanol–water partition coefficient (Wildman–Crippen LogP) is 1.09. The Bertz CT molecular complexity index is 523. The van der Waals surface area contributed by atoms with Gasteiger partial charge in [-0.15, -0.1) is 12.6 Å². The van der Waals surface area contributed by atoms with Crippen molar-refractivity contribution in [1.29, 1.82) is 0 Å². The molecule has 1 aliphatic rings. The molecule has 0 radical (unpaired) electrons. The van der Waals surface area contributed by atoms with Crippen LogP contribution >= 0.6 is 12.6 Å². The normalized spacial score (nSPS) is 15.0. The van der Waals surface area contributed by atoms with Crippen molar-refractivity contribution in [1.82, 2.24) is 9.97 Å². The monoisotopic (exact) mass is 248 g/mol. The van der Waals surface area contributed by atoms with Gasteiger partial charge in [0.2, 0.25) is 0 Å². The molecular weight excluding hydrogens is 240 g/mol. The number of Topliss-reactive ketones (excluding diaryl/α,β-unsaturated/α-hetero) is 1. The maximum absolute atomic E-state index is 11.7.